The maximum Gasteiger partial charge on any atom is 0.227 e. The lowest BCUT2D eigenvalue weighted by Gasteiger charge is -2.09. The molecule has 0 spiro atoms. The summed E-state index contributed by atoms with van der Waals surface area (Å²) in [6.45, 7) is 7.65. The Labute approximate surface area is 151 Å². The first-order chi connectivity index (χ1) is 12.3. The SMILES string of the molecule is CNC(=O)Cc1nc(-c2c(C)noc2C)cc(-c2c(C)nn(C)c2C)n1. The van der Waals surface area contributed by atoms with Crippen LogP contribution in [0.25, 0.3) is 22.5 Å². The van der Waals surface area contributed by atoms with Crippen LogP contribution in [-0.4, -0.2) is 37.9 Å². The molecule has 8 nitrogen and oxygen atoms in total. The molecule has 0 saturated heterocycles. The molecule has 1 N–H and O–H groups in total. The molecule has 0 aliphatic carbocycles. The number of nitrogens with one attached hydrogen (secondary N) is 1. The molecule has 1 amide bonds. The molecule has 0 radical (unpaired) electrons. The highest BCUT2D eigenvalue weighted by atomic mass is 16.5. The molecule has 0 saturated carbocycles. The summed E-state index contributed by atoms with van der Waals surface area (Å²) in [6.07, 6.45) is 0.0963. The minimum absolute atomic E-state index is 0.0963. The van der Waals surface area contributed by atoms with Gasteiger partial charge in [0.15, 0.2) is 0 Å². The van der Waals surface area contributed by atoms with E-state index in [1.54, 1.807) is 7.05 Å². The summed E-state index contributed by atoms with van der Waals surface area (Å²) >= 11 is 0. The summed E-state index contributed by atoms with van der Waals surface area (Å²) in [4.78, 5) is 21.1. The zero-order chi connectivity index (χ0) is 19.0. The molecule has 3 heterocycles. The number of carbonyl (C=O) groups is 1. The largest absolute Gasteiger partial charge is 0.361 e. The molecule has 3 aromatic rings. The number of carbonyl (C=O) groups excluding carboxylic acids is 1. The summed E-state index contributed by atoms with van der Waals surface area (Å²) in [6, 6.07) is 1.90. The van der Waals surface area contributed by atoms with Crippen LogP contribution in [0, 0.1) is 27.7 Å². The second-order valence-electron chi connectivity index (χ2n) is 6.27. The number of nitrogens with zero attached hydrogens (tertiary/aromatic N) is 5. The lowest BCUT2D eigenvalue weighted by molar-refractivity contribution is -0.120. The van der Waals surface area contributed by atoms with Crippen molar-refractivity contribution in [2.45, 2.75) is 34.1 Å². The van der Waals surface area contributed by atoms with Crippen LogP contribution in [0.2, 0.25) is 0 Å². The quantitative estimate of drug-likeness (QED) is 0.770. The fraction of sp³-hybridized carbons (Fsp3) is 0.389. The van der Waals surface area contributed by atoms with E-state index in [0.717, 1.165) is 33.9 Å². The smallest absolute Gasteiger partial charge is 0.227 e. The van der Waals surface area contributed by atoms with Crippen LogP contribution >= 0.6 is 0 Å². The molecular formula is C18H22N6O2. The fourth-order valence-corrected chi connectivity index (χ4v) is 3.06. The van der Waals surface area contributed by atoms with Gasteiger partial charge in [0.1, 0.15) is 11.6 Å². The molecule has 0 fully saturated rings. The number of hydrogen-bond donors (Lipinski definition) is 1. The van der Waals surface area contributed by atoms with Gasteiger partial charge in [0.05, 0.1) is 34.8 Å². The van der Waals surface area contributed by atoms with Gasteiger partial charge in [-0.15, -0.1) is 0 Å². The monoisotopic (exact) mass is 354 g/mol. The van der Waals surface area contributed by atoms with Crippen LogP contribution < -0.4 is 5.32 Å². The Hall–Kier alpha value is -3.03. The molecule has 0 bridgehead atoms. The number of amides is 1. The number of likely N-dealkylation sites (N-methyl/N-ethyl adjacent to an activating group) is 1. The Bertz CT molecular complexity index is 966. The fourth-order valence-electron chi connectivity index (χ4n) is 3.06. The van der Waals surface area contributed by atoms with Gasteiger partial charge >= 0.3 is 0 Å². The normalized spacial score (nSPS) is 11.0. The molecule has 8 heteroatoms. The van der Waals surface area contributed by atoms with E-state index in [-0.39, 0.29) is 12.3 Å². The van der Waals surface area contributed by atoms with E-state index in [1.165, 1.54) is 0 Å². The average molecular weight is 354 g/mol. The van der Waals surface area contributed by atoms with Crippen LogP contribution in [0.3, 0.4) is 0 Å². The van der Waals surface area contributed by atoms with Gasteiger partial charge in [0.2, 0.25) is 5.91 Å². The summed E-state index contributed by atoms with van der Waals surface area (Å²) in [5.41, 5.74) is 5.81. The van der Waals surface area contributed by atoms with Crippen molar-refractivity contribution in [3.63, 3.8) is 0 Å². The Balaban J connectivity index is 2.23. The highest BCUT2D eigenvalue weighted by Gasteiger charge is 2.20. The van der Waals surface area contributed by atoms with Crippen LogP contribution in [0.15, 0.2) is 10.6 Å². The highest BCUT2D eigenvalue weighted by molar-refractivity contribution is 5.78. The van der Waals surface area contributed by atoms with Gasteiger partial charge in [0.25, 0.3) is 0 Å². The minimum atomic E-state index is -0.147. The molecule has 0 aromatic carbocycles. The Morgan fingerprint density at radius 2 is 1.77 bits per heavy atom. The zero-order valence-electron chi connectivity index (χ0n) is 15.8. The van der Waals surface area contributed by atoms with Crippen molar-refractivity contribution < 1.29 is 9.32 Å². The van der Waals surface area contributed by atoms with Gasteiger partial charge in [-0.05, 0) is 33.8 Å². The van der Waals surface area contributed by atoms with Crippen molar-refractivity contribution in [3.8, 4) is 22.5 Å². The lowest BCUT2D eigenvalue weighted by atomic mass is 10.0. The van der Waals surface area contributed by atoms with Crippen molar-refractivity contribution in [3.05, 3.63) is 34.7 Å². The molecule has 3 rings (SSSR count). The van der Waals surface area contributed by atoms with E-state index in [2.05, 4.69) is 25.5 Å². The maximum absolute atomic E-state index is 11.9. The van der Waals surface area contributed by atoms with Crippen LogP contribution in [0.1, 0.15) is 28.7 Å². The number of rotatable bonds is 4. The van der Waals surface area contributed by atoms with E-state index in [4.69, 9.17) is 4.52 Å². The standard InChI is InChI=1S/C18H22N6O2/c1-9-17(11(3)24(6)22-9)13-7-14(18-10(2)23-26-12(18)4)21-15(20-13)8-16(25)19-5/h7H,8H2,1-6H3,(H,19,25). The van der Waals surface area contributed by atoms with Gasteiger partial charge in [-0.3, -0.25) is 9.48 Å². The molecule has 0 unspecified atom stereocenters. The Morgan fingerprint density at radius 1 is 1.12 bits per heavy atom. The van der Waals surface area contributed by atoms with Crippen molar-refractivity contribution in [2.24, 2.45) is 7.05 Å². The van der Waals surface area contributed by atoms with Gasteiger partial charge in [-0.2, -0.15) is 5.10 Å². The summed E-state index contributed by atoms with van der Waals surface area (Å²) < 4.78 is 7.10. The van der Waals surface area contributed by atoms with Crippen molar-refractivity contribution >= 4 is 5.91 Å². The Kier molecular flexibility index (Phi) is 4.58. The predicted molar refractivity (Wildman–Crippen MR) is 96.4 cm³/mol. The average Bonchev–Trinajstić information content (AvgIpc) is 3.05. The first-order valence-electron chi connectivity index (χ1n) is 8.34. The minimum Gasteiger partial charge on any atom is -0.361 e. The molecular weight excluding hydrogens is 332 g/mol. The number of aromatic nitrogens is 5. The lowest BCUT2D eigenvalue weighted by Crippen LogP contribution is -2.21. The summed E-state index contributed by atoms with van der Waals surface area (Å²) in [7, 11) is 3.49. The summed E-state index contributed by atoms with van der Waals surface area (Å²) in [5, 5.41) is 11.1. The third-order valence-corrected chi connectivity index (χ3v) is 4.42. The van der Waals surface area contributed by atoms with E-state index in [0.29, 0.717) is 17.3 Å². The zero-order valence-corrected chi connectivity index (χ0v) is 15.8. The van der Waals surface area contributed by atoms with Crippen molar-refractivity contribution in [2.75, 3.05) is 7.05 Å². The van der Waals surface area contributed by atoms with Crippen LogP contribution in [0.5, 0.6) is 0 Å². The molecule has 0 aliphatic rings. The van der Waals surface area contributed by atoms with Crippen LogP contribution in [-0.2, 0) is 18.3 Å². The van der Waals surface area contributed by atoms with Crippen molar-refractivity contribution in [1.82, 2.24) is 30.2 Å². The van der Waals surface area contributed by atoms with E-state index < -0.39 is 0 Å². The Morgan fingerprint density at radius 3 is 2.27 bits per heavy atom. The van der Waals surface area contributed by atoms with Crippen molar-refractivity contribution in [1.29, 1.82) is 0 Å². The molecule has 3 aromatic heterocycles. The molecule has 0 atom stereocenters. The van der Waals surface area contributed by atoms with E-state index >= 15 is 0 Å². The third-order valence-electron chi connectivity index (χ3n) is 4.42. The second-order valence-corrected chi connectivity index (χ2v) is 6.27. The second kappa shape index (κ2) is 6.70. The first kappa shape index (κ1) is 17.8. The molecule has 26 heavy (non-hydrogen) atoms. The first-order valence-corrected chi connectivity index (χ1v) is 8.34. The number of hydrogen-bond acceptors (Lipinski definition) is 6. The number of aryl methyl sites for hydroxylation is 4. The highest BCUT2D eigenvalue weighted by Crippen LogP contribution is 2.31. The molecule has 136 valence electrons. The molecule has 0 aliphatic heterocycles. The van der Waals surface area contributed by atoms with E-state index in [1.807, 2.05) is 45.5 Å². The van der Waals surface area contributed by atoms with Gasteiger partial charge in [0, 0.05) is 25.4 Å². The maximum atomic E-state index is 11.9. The van der Waals surface area contributed by atoms with Gasteiger partial charge < -0.3 is 9.84 Å². The van der Waals surface area contributed by atoms with E-state index in [9.17, 15) is 4.79 Å². The van der Waals surface area contributed by atoms with Crippen LogP contribution in [0.4, 0.5) is 0 Å². The summed E-state index contributed by atoms with van der Waals surface area (Å²) in [5.74, 6) is 0.976. The van der Waals surface area contributed by atoms with Gasteiger partial charge in [-0.25, -0.2) is 9.97 Å². The van der Waals surface area contributed by atoms with Gasteiger partial charge in [-0.1, -0.05) is 5.16 Å². The predicted octanol–water partition coefficient (Wildman–Crippen LogP) is 2.05. The topological polar surface area (TPSA) is 98.7 Å². The third kappa shape index (κ3) is 3.10.